The van der Waals surface area contributed by atoms with Crippen molar-refractivity contribution in [1.29, 1.82) is 0 Å². The van der Waals surface area contributed by atoms with E-state index in [2.05, 4.69) is 25.6 Å². The van der Waals surface area contributed by atoms with E-state index in [1.807, 2.05) is 49.5 Å². The number of likely N-dealkylation sites (N-methyl/N-ethyl adjacent to an activating group) is 1. The molecule has 0 spiro atoms. The van der Waals surface area contributed by atoms with Crippen LogP contribution >= 0.6 is 11.6 Å². The second-order valence-corrected chi connectivity index (χ2v) is 10.7. The lowest BCUT2D eigenvalue weighted by Crippen LogP contribution is -2.36. The van der Waals surface area contributed by atoms with Crippen molar-refractivity contribution in [3.05, 3.63) is 83.4 Å². The summed E-state index contributed by atoms with van der Waals surface area (Å²) < 4.78 is 14.2. The Bertz CT molecular complexity index is 1560. The van der Waals surface area contributed by atoms with Gasteiger partial charge in [-0.1, -0.05) is 55.1 Å². The number of hydrogen-bond acceptors (Lipinski definition) is 6. The van der Waals surface area contributed by atoms with Crippen molar-refractivity contribution in [3.8, 4) is 11.3 Å². The van der Waals surface area contributed by atoms with Gasteiger partial charge in [0.2, 0.25) is 11.9 Å². The van der Waals surface area contributed by atoms with E-state index in [-0.39, 0.29) is 23.5 Å². The first kappa shape index (κ1) is 30.7. The Morgan fingerprint density at radius 1 is 1.17 bits per heavy atom. The highest BCUT2D eigenvalue weighted by Crippen LogP contribution is 2.31. The second-order valence-electron chi connectivity index (χ2n) is 10.3. The molecule has 0 aliphatic heterocycles. The van der Waals surface area contributed by atoms with Crippen LogP contribution in [0.2, 0.25) is 5.02 Å². The summed E-state index contributed by atoms with van der Waals surface area (Å²) in [6, 6.07) is 12.2. The number of carbonyl (C=O) groups excluding carboxylic acids is 2. The number of fused-ring (bicyclic) bond motifs is 1. The maximum Gasteiger partial charge on any atom is 0.254 e. The van der Waals surface area contributed by atoms with Gasteiger partial charge in [-0.2, -0.15) is 0 Å². The minimum absolute atomic E-state index is 0.00622. The molecule has 4 aromatic rings. The summed E-state index contributed by atoms with van der Waals surface area (Å²) in [6.07, 6.45) is 11.8. The predicted octanol–water partition coefficient (Wildman–Crippen LogP) is 5.81. The molecule has 0 radical (unpaired) electrons. The molecule has 0 atom stereocenters. The third kappa shape index (κ3) is 8.37. The number of benzene rings is 2. The fourth-order valence-electron chi connectivity index (χ4n) is 4.68. The van der Waals surface area contributed by atoms with Crippen molar-refractivity contribution >= 4 is 46.0 Å². The topological polar surface area (TPSA) is 129 Å². The molecule has 1 fully saturated rings. The van der Waals surface area contributed by atoms with E-state index in [9.17, 15) is 14.0 Å². The molecule has 42 heavy (non-hydrogen) atoms. The van der Waals surface area contributed by atoms with Gasteiger partial charge < -0.3 is 26.3 Å². The van der Waals surface area contributed by atoms with E-state index < -0.39 is 11.7 Å². The Kier molecular flexibility index (Phi) is 10.6. The van der Waals surface area contributed by atoms with Crippen LogP contribution < -0.4 is 16.4 Å². The number of amides is 2. The van der Waals surface area contributed by atoms with Gasteiger partial charge in [0.15, 0.2) is 0 Å². The summed E-state index contributed by atoms with van der Waals surface area (Å²) in [5.41, 5.74) is 8.54. The van der Waals surface area contributed by atoms with Gasteiger partial charge >= 0.3 is 0 Å². The van der Waals surface area contributed by atoms with E-state index in [0.717, 1.165) is 42.1 Å². The first-order chi connectivity index (χ1) is 20.2. The fourth-order valence-corrected chi connectivity index (χ4v) is 4.87. The van der Waals surface area contributed by atoms with Gasteiger partial charge in [-0.25, -0.2) is 14.4 Å². The van der Waals surface area contributed by atoms with Crippen LogP contribution in [0, 0.1) is 5.82 Å². The van der Waals surface area contributed by atoms with Crippen molar-refractivity contribution in [2.75, 3.05) is 31.7 Å². The van der Waals surface area contributed by atoms with E-state index in [4.69, 9.17) is 17.3 Å². The number of para-hydroxylation sites is 1. The maximum atomic E-state index is 14.2. The molecule has 2 heterocycles. The number of nitrogens with zero attached hydrogens (tertiary/aromatic N) is 3. The number of carbonyl (C=O) groups is 2. The summed E-state index contributed by atoms with van der Waals surface area (Å²) in [7, 11) is 3.80. The highest BCUT2D eigenvalue weighted by Gasteiger charge is 2.19. The van der Waals surface area contributed by atoms with E-state index in [1.54, 1.807) is 6.08 Å². The van der Waals surface area contributed by atoms with Gasteiger partial charge in [0, 0.05) is 47.0 Å². The largest absolute Gasteiger partial charge is 0.368 e. The van der Waals surface area contributed by atoms with Crippen molar-refractivity contribution < 1.29 is 14.0 Å². The molecule has 0 unspecified atom stereocenters. The molecule has 9 nitrogen and oxygen atoms in total. The highest BCUT2D eigenvalue weighted by molar-refractivity contribution is 6.33. The van der Waals surface area contributed by atoms with E-state index in [1.165, 1.54) is 36.9 Å². The second kappa shape index (κ2) is 14.6. The van der Waals surface area contributed by atoms with Crippen LogP contribution in [0.3, 0.4) is 0 Å². The van der Waals surface area contributed by atoms with Gasteiger partial charge in [-0.05, 0) is 51.2 Å². The van der Waals surface area contributed by atoms with E-state index >= 15 is 0 Å². The Morgan fingerprint density at radius 2 is 1.93 bits per heavy atom. The molecule has 1 aliphatic rings. The molecule has 2 aromatic carbocycles. The zero-order valence-electron chi connectivity index (χ0n) is 23.7. The monoisotopic (exact) mass is 591 g/mol. The minimum Gasteiger partial charge on any atom is -0.368 e. The quantitative estimate of drug-likeness (QED) is 0.201. The predicted molar refractivity (Wildman–Crippen MR) is 166 cm³/mol. The van der Waals surface area contributed by atoms with Crippen LogP contribution in [0.1, 0.15) is 42.5 Å². The first-order valence-corrected chi connectivity index (χ1v) is 14.2. The number of hydrogen-bond donors (Lipinski definition) is 4. The Morgan fingerprint density at radius 3 is 2.67 bits per heavy atom. The zero-order chi connectivity index (χ0) is 30.1. The molecule has 5 N–H and O–H groups in total. The number of nitrogen functional groups attached to an aromatic ring is 1. The fraction of sp³-hybridized carbons (Fsp3) is 0.290. The number of rotatable bonds is 7. The summed E-state index contributed by atoms with van der Waals surface area (Å²) in [5, 5.41) is 7.03. The van der Waals surface area contributed by atoms with Crippen LogP contribution in [-0.2, 0) is 4.79 Å². The van der Waals surface area contributed by atoms with Crippen molar-refractivity contribution in [2.45, 2.75) is 38.1 Å². The Labute approximate surface area is 249 Å². The molecule has 5 rings (SSSR count). The van der Waals surface area contributed by atoms with Crippen LogP contribution in [0.4, 0.5) is 16.0 Å². The normalized spacial score (nSPS) is 13.6. The van der Waals surface area contributed by atoms with Gasteiger partial charge in [-0.3, -0.25) is 9.59 Å². The average molecular weight is 592 g/mol. The Balaban J connectivity index is 0.000000206. The summed E-state index contributed by atoms with van der Waals surface area (Å²) in [5.74, 6) is -1.15. The smallest absolute Gasteiger partial charge is 0.254 e. The molecule has 2 amide bonds. The van der Waals surface area contributed by atoms with Gasteiger partial charge in [0.25, 0.3) is 5.91 Å². The van der Waals surface area contributed by atoms with Crippen LogP contribution in [0.5, 0.6) is 0 Å². The third-order valence-corrected chi connectivity index (χ3v) is 7.05. The lowest BCUT2D eigenvalue weighted by molar-refractivity contribution is -0.111. The SMILES string of the molecule is CN(C)C/C=C/C(=O)Nc1ccc(C(=O)NC2CCCCC2)c(F)c1.Nc1ncc(Cl)c(-c2c[nH]c3ccccc23)n1. The highest BCUT2D eigenvalue weighted by atomic mass is 35.5. The lowest BCUT2D eigenvalue weighted by atomic mass is 9.95. The van der Waals surface area contributed by atoms with Crippen LogP contribution in [-0.4, -0.2) is 58.3 Å². The van der Waals surface area contributed by atoms with Crippen LogP contribution in [0.15, 0.2) is 67.0 Å². The molecule has 11 heteroatoms. The lowest BCUT2D eigenvalue weighted by Gasteiger charge is -2.22. The molecule has 0 saturated heterocycles. The summed E-state index contributed by atoms with van der Waals surface area (Å²) in [6.45, 7) is 0.641. The average Bonchev–Trinajstić information content (AvgIpc) is 3.39. The molecule has 220 valence electrons. The number of anilines is 2. The number of nitrogens with two attached hydrogens (primary N) is 1. The number of halogens is 2. The third-order valence-electron chi connectivity index (χ3n) is 6.77. The molecule has 1 aliphatic carbocycles. The molecule has 2 aromatic heterocycles. The standard InChI is InChI=1S/C19H26FN3O2.C12H9ClN4/c1-23(2)12-6-9-18(24)21-15-10-11-16(17(20)13-15)19(25)22-14-7-4-3-5-8-14;13-9-6-16-12(14)17-11(9)8-5-15-10-4-2-1-3-7(8)10/h6,9-11,13-14H,3-5,7-8,12H2,1-2H3,(H,21,24)(H,22,25);1-6,15H,(H2,14,16,17)/b9-6+;. The summed E-state index contributed by atoms with van der Waals surface area (Å²) in [4.78, 5) is 37.1. The minimum atomic E-state index is -0.636. The molecular formula is C31H35ClFN7O2. The van der Waals surface area contributed by atoms with E-state index in [0.29, 0.717) is 22.9 Å². The first-order valence-electron chi connectivity index (χ1n) is 13.8. The maximum absolute atomic E-state index is 14.2. The van der Waals surface area contributed by atoms with Crippen molar-refractivity contribution in [3.63, 3.8) is 0 Å². The number of aromatic amines is 1. The summed E-state index contributed by atoms with van der Waals surface area (Å²) >= 11 is 6.09. The molecule has 0 bridgehead atoms. The van der Waals surface area contributed by atoms with Crippen molar-refractivity contribution in [1.82, 2.24) is 25.2 Å². The van der Waals surface area contributed by atoms with Gasteiger partial charge in [0.1, 0.15) is 5.82 Å². The van der Waals surface area contributed by atoms with Crippen molar-refractivity contribution in [2.24, 2.45) is 0 Å². The van der Waals surface area contributed by atoms with Crippen LogP contribution in [0.25, 0.3) is 22.2 Å². The van der Waals surface area contributed by atoms with Gasteiger partial charge in [-0.15, -0.1) is 0 Å². The Hall–Kier alpha value is -4.28. The number of H-pyrrole nitrogens is 1. The van der Waals surface area contributed by atoms with Gasteiger partial charge in [0.05, 0.1) is 22.5 Å². The number of nitrogens with one attached hydrogen (secondary N) is 3. The zero-order valence-corrected chi connectivity index (χ0v) is 24.4. The molecule has 1 saturated carbocycles. The number of aromatic nitrogens is 3. The molecular weight excluding hydrogens is 557 g/mol.